The number of aromatic nitrogens is 4. The highest BCUT2D eigenvalue weighted by molar-refractivity contribution is 5.55. The van der Waals surface area contributed by atoms with Gasteiger partial charge in [0, 0.05) is 23.8 Å². The van der Waals surface area contributed by atoms with E-state index in [1.54, 1.807) is 6.92 Å². The number of ether oxygens (including phenoxy) is 2. The first-order valence-electron chi connectivity index (χ1n) is 15.0. The van der Waals surface area contributed by atoms with Crippen molar-refractivity contribution < 1.29 is 35.8 Å². The number of alkyl halides is 6. The van der Waals surface area contributed by atoms with Crippen molar-refractivity contribution in [2.75, 3.05) is 23.8 Å². The molecular weight excluding hydrogens is 626 g/mol. The van der Waals surface area contributed by atoms with Crippen LogP contribution in [0.15, 0.2) is 60.9 Å². The molecule has 47 heavy (non-hydrogen) atoms. The molecule has 0 aliphatic rings. The van der Waals surface area contributed by atoms with E-state index in [-0.39, 0.29) is 25.1 Å². The van der Waals surface area contributed by atoms with Gasteiger partial charge in [-0.3, -0.25) is 0 Å². The number of benzene rings is 2. The first-order chi connectivity index (χ1) is 22.1. The van der Waals surface area contributed by atoms with Crippen molar-refractivity contribution in [3.8, 4) is 11.8 Å². The predicted octanol–water partition coefficient (Wildman–Crippen LogP) is 9.91. The molecule has 254 valence electrons. The van der Waals surface area contributed by atoms with E-state index >= 15 is 0 Å². The lowest BCUT2D eigenvalue weighted by atomic mass is 10.0. The smallest absolute Gasteiger partial charge is 0.423 e. The van der Waals surface area contributed by atoms with Crippen LogP contribution in [0, 0.1) is 0 Å². The van der Waals surface area contributed by atoms with Crippen molar-refractivity contribution in [1.82, 2.24) is 19.9 Å². The summed E-state index contributed by atoms with van der Waals surface area (Å²) in [7, 11) is 0. The summed E-state index contributed by atoms with van der Waals surface area (Å²) in [5.74, 6) is -0.0200. The number of rotatable bonds is 11. The number of nitrogens with one attached hydrogen (secondary N) is 2. The molecule has 0 unspecified atom stereocenters. The Morgan fingerprint density at radius 2 is 1.00 bits per heavy atom. The average molecular weight is 665 g/mol. The molecule has 0 atom stereocenters. The Balaban J connectivity index is 0.000000256. The quantitative estimate of drug-likeness (QED) is 0.153. The fourth-order valence-electron chi connectivity index (χ4n) is 3.96. The summed E-state index contributed by atoms with van der Waals surface area (Å²) in [5, 5.41) is 5.77. The van der Waals surface area contributed by atoms with Crippen LogP contribution in [0.3, 0.4) is 0 Å². The van der Waals surface area contributed by atoms with Gasteiger partial charge in [0.1, 0.15) is 11.1 Å². The fraction of sp³-hybridized carbons (Fsp3) is 0.394. The Labute approximate surface area is 270 Å². The summed E-state index contributed by atoms with van der Waals surface area (Å²) in [6.07, 6.45) is -7.06. The average Bonchev–Trinajstić information content (AvgIpc) is 3.00. The second-order valence-electron chi connectivity index (χ2n) is 10.9. The van der Waals surface area contributed by atoms with Gasteiger partial charge in [-0.25, -0.2) is 9.97 Å². The predicted molar refractivity (Wildman–Crippen MR) is 169 cm³/mol. The van der Waals surface area contributed by atoms with Crippen LogP contribution in [0.25, 0.3) is 0 Å². The molecule has 4 rings (SSSR count). The standard InChI is InChI=1S/C17H20F3N3O.C16H18F3N3O/c1-4-9-24-15-14(17(18,19)20)10-21-16(23-15)22-13-7-5-12(6-8-13)11(2)3;1-4-23-14-13(16(17,18)19)9-20-15(22-14)21-12-7-5-11(6-8-12)10(2)3/h5-8,10-11H,4,9H2,1-3H3,(H,21,22,23);5-10H,4H2,1-3H3,(H,20,21,22). The van der Waals surface area contributed by atoms with Gasteiger partial charge < -0.3 is 20.1 Å². The van der Waals surface area contributed by atoms with Crippen molar-refractivity contribution in [2.45, 2.75) is 72.2 Å². The van der Waals surface area contributed by atoms with Crippen LogP contribution in [-0.4, -0.2) is 33.1 Å². The summed E-state index contributed by atoms with van der Waals surface area (Å²) >= 11 is 0. The summed E-state index contributed by atoms with van der Waals surface area (Å²) in [4.78, 5) is 15.1. The van der Waals surface area contributed by atoms with Crippen molar-refractivity contribution in [2.24, 2.45) is 0 Å². The molecule has 0 aliphatic carbocycles. The Morgan fingerprint density at radius 3 is 1.32 bits per heavy atom. The fourth-order valence-corrected chi connectivity index (χ4v) is 3.96. The van der Waals surface area contributed by atoms with Gasteiger partial charge >= 0.3 is 12.4 Å². The van der Waals surface area contributed by atoms with Crippen LogP contribution in [0.4, 0.5) is 49.6 Å². The Hall–Kier alpha value is -4.62. The summed E-state index contributed by atoms with van der Waals surface area (Å²) in [6, 6.07) is 15.1. The number of hydrogen-bond acceptors (Lipinski definition) is 8. The maximum atomic E-state index is 13.0. The zero-order chi connectivity index (χ0) is 34.8. The maximum absolute atomic E-state index is 13.0. The summed E-state index contributed by atoms with van der Waals surface area (Å²) < 4.78 is 87.6. The maximum Gasteiger partial charge on any atom is 0.423 e. The first kappa shape index (κ1) is 36.8. The second-order valence-corrected chi connectivity index (χ2v) is 10.9. The van der Waals surface area contributed by atoms with Gasteiger partial charge in [-0.05, 0) is 60.6 Å². The molecule has 0 bridgehead atoms. The number of halogens is 6. The minimum Gasteiger partial charge on any atom is -0.477 e. The van der Waals surface area contributed by atoms with Crippen LogP contribution in [0.2, 0.25) is 0 Å². The molecule has 2 N–H and O–H groups in total. The van der Waals surface area contributed by atoms with Crippen molar-refractivity contribution in [1.29, 1.82) is 0 Å². The van der Waals surface area contributed by atoms with Crippen LogP contribution >= 0.6 is 0 Å². The summed E-state index contributed by atoms with van der Waals surface area (Å²) in [5.41, 5.74) is 1.76. The summed E-state index contributed by atoms with van der Waals surface area (Å²) in [6.45, 7) is 12.0. The number of hydrogen-bond donors (Lipinski definition) is 2. The van der Waals surface area contributed by atoms with E-state index in [4.69, 9.17) is 9.47 Å². The molecule has 2 aromatic heterocycles. The molecule has 0 radical (unpaired) electrons. The molecule has 0 saturated heterocycles. The molecule has 0 saturated carbocycles. The third-order valence-electron chi connectivity index (χ3n) is 6.51. The van der Waals surface area contributed by atoms with E-state index in [1.807, 2.05) is 55.5 Å². The van der Waals surface area contributed by atoms with Crippen LogP contribution < -0.4 is 20.1 Å². The molecule has 2 aromatic carbocycles. The molecule has 0 amide bonds. The van der Waals surface area contributed by atoms with Gasteiger partial charge in [0.15, 0.2) is 0 Å². The normalized spacial score (nSPS) is 11.6. The van der Waals surface area contributed by atoms with Crippen molar-refractivity contribution in [3.63, 3.8) is 0 Å². The van der Waals surface area contributed by atoms with Crippen LogP contribution in [-0.2, 0) is 12.4 Å². The molecule has 0 fully saturated rings. The van der Waals surface area contributed by atoms with Crippen LogP contribution in [0.1, 0.15) is 82.1 Å². The topological polar surface area (TPSA) is 94.1 Å². The largest absolute Gasteiger partial charge is 0.477 e. The lowest BCUT2D eigenvalue weighted by Crippen LogP contribution is -2.12. The minimum atomic E-state index is -4.56. The van der Waals surface area contributed by atoms with E-state index in [9.17, 15) is 26.3 Å². The van der Waals surface area contributed by atoms with E-state index in [0.29, 0.717) is 29.6 Å². The molecule has 2 heterocycles. The number of nitrogens with zero attached hydrogens (tertiary/aromatic N) is 4. The van der Waals surface area contributed by atoms with Gasteiger partial charge in [0.05, 0.1) is 13.2 Å². The first-order valence-corrected chi connectivity index (χ1v) is 15.0. The Bertz CT molecular complexity index is 1560. The second kappa shape index (κ2) is 16.3. The van der Waals surface area contributed by atoms with E-state index in [1.165, 1.54) is 11.1 Å². The highest BCUT2D eigenvalue weighted by Gasteiger charge is 2.37. The van der Waals surface area contributed by atoms with E-state index in [2.05, 4.69) is 58.3 Å². The SMILES string of the molecule is CCCOc1nc(Nc2ccc(C(C)C)cc2)ncc1C(F)(F)F.CCOc1nc(Nc2ccc(C(C)C)cc2)ncc1C(F)(F)F. The van der Waals surface area contributed by atoms with Gasteiger partial charge in [-0.2, -0.15) is 36.3 Å². The highest BCUT2D eigenvalue weighted by Crippen LogP contribution is 2.36. The highest BCUT2D eigenvalue weighted by atomic mass is 19.4. The van der Waals surface area contributed by atoms with Gasteiger partial charge in [0.2, 0.25) is 23.7 Å². The van der Waals surface area contributed by atoms with Crippen LogP contribution in [0.5, 0.6) is 11.8 Å². The van der Waals surface area contributed by atoms with Gasteiger partial charge in [-0.15, -0.1) is 0 Å². The van der Waals surface area contributed by atoms with Gasteiger partial charge in [0.25, 0.3) is 0 Å². The molecule has 14 heteroatoms. The third kappa shape index (κ3) is 11.0. The minimum absolute atomic E-state index is 0.0544. The molecule has 4 aromatic rings. The zero-order valence-corrected chi connectivity index (χ0v) is 26.9. The molecule has 0 spiro atoms. The van der Waals surface area contributed by atoms with Gasteiger partial charge in [-0.1, -0.05) is 58.9 Å². The van der Waals surface area contributed by atoms with E-state index < -0.39 is 35.2 Å². The lowest BCUT2D eigenvalue weighted by molar-refractivity contribution is -0.140. The van der Waals surface area contributed by atoms with Crippen molar-refractivity contribution >= 4 is 23.3 Å². The Morgan fingerprint density at radius 1 is 0.617 bits per heavy atom. The zero-order valence-electron chi connectivity index (χ0n) is 26.9. The number of anilines is 4. The lowest BCUT2D eigenvalue weighted by Gasteiger charge is -2.14. The van der Waals surface area contributed by atoms with Crippen molar-refractivity contribution in [3.05, 3.63) is 83.2 Å². The Kier molecular flexibility index (Phi) is 12.8. The van der Waals surface area contributed by atoms with E-state index in [0.717, 1.165) is 12.4 Å². The molecular formula is C33H38F6N6O2. The molecule has 0 aliphatic heterocycles. The monoisotopic (exact) mass is 664 g/mol. The third-order valence-corrected chi connectivity index (χ3v) is 6.51. The molecule has 8 nitrogen and oxygen atoms in total.